The van der Waals surface area contributed by atoms with E-state index in [9.17, 15) is 9.18 Å². The van der Waals surface area contributed by atoms with Gasteiger partial charge in [0.2, 0.25) is 0 Å². The van der Waals surface area contributed by atoms with Crippen LogP contribution >= 0.6 is 15.9 Å². The van der Waals surface area contributed by atoms with Crippen LogP contribution in [0, 0.1) is 12.7 Å². The Hall–Kier alpha value is -1.36. The summed E-state index contributed by atoms with van der Waals surface area (Å²) in [6.07, 6.45) is 0. The minimum absolute atomic E-state index is 0.260. The lowest BCUT2D eigenvalue weighted by atomic mass is 10.2. The third-order valence-corrected chi connectivity index (χ3v) is 2.56. The number of hydrogen-bond acceptors (Lipinski definition) is 3. The molecule has 0 aliphatic carbocycles. The van der Waals surface area contributed by atoms with Crippen molar-refractivity contribution < 1.29 is 18.3 Å². The van der Waals surface area contributed by atoms with Gasteiger partial charge in [0.15, 0.2) is 0 Å². The highest BCUT2D eigenvalue weighted by atomic mass is 79.9. The number of rotatable bonds is 2. The molecule has 0 bridgehead atoms. The minimum Gasteiger partial charge on any atom is -0.468 e. The number of furan rings is 1. The molecule has 92 valence electrons. The smallest absolute Gasteiger partial charge is 0.293 e. The molecule has 0 atom stereocenters. The molecule has 5 heteroatoms. The number of fused-ring (bicyclic) bond motifs is 1. The monoisotopic (exact) mass is 302 g/mol. The number of carbonyl (C=O) groups is 1. The molecule has 0 aliphatic heterocycles. The number of benzene rings is 1. The van der Waals surface area contributed by atoms with E-state index in [4.69, 9.17) is 4.42 Å². The lowest BCUT2D eigenvalue weighted by Gasteiger charge is -1.92. The Labute approximate surface area is 107 Å². The topological polar surface area (TPSA) is 39.4 Å². The Morgan fingerprint density at radius 2 is 2.24 bits per heavy atom. The van der Waals surface area contributed by atoms with Gasteiger partial charge in [-0.25, -0.2) is 4.39 Å². The van der Waals surface area contributed by atoms with Gasteiger partial charge in [-0.1, -0.05) is 0 Å². The van der Waals surface area contributed by atoms with Crippen LogP contribution in [0.4, 0.5) is 4.39 Å². The van der Waals surface area contributed by atoms with Crippen LogP contribution in [0.3, 0.4) is 0 Å². The lowest BCUT2D eigenvalue weighted by molar-refractivity contribution is -0.128. The second kappa shape index (κ2) is 6.39. The molecule has 0 fully saturated rings. The van der Waals surface area contributed by atoms with Crippen molar-refractivity contribution in [3.63, 3.8) is 0 Å². The zero-order valence-corrected chi connectivity index (χ0v) is 11.1. The molecule has 2 rings (SSSR count). The molecule has 1 aromatic heterocycles. The maximum Gasteiger partial charge on any atom is 0.293 e. The molecule has 1 heterocycles. The SMILES string of the molecule is CCOC=O.Cc1cc2c(F)c(Br)ccc2o1. The van der Waals surface area contributed by atoms with E-state index in [1.54, 1.807) is 32.0 Å². The van der Waals surface area contributed by atoms with Crippen LogP contribution in [0.5, 0.6) is 0 Å². The van der Waals surface area contributed by atoms with Gasteiger partial charge in [-0.2, -0.15) is 0 Å². The molecule has 17 heavy (non-hydrogen) atoms. The maximum atomic E-state index is 13.3. The van der Waals surface area contributed by atoms with Gasteiger partial charge < -0.3 is 9.15 Å². The van der Waals surface area contributed by atoms with Crippen LogP contribution in [-0.4, -0.2) is 13.1 Å². The molecule has 0 saturated heterocycles. The summed E-state index contributed by atoms with van der Waals surface area (Å²) in [7, 11) is 0. The van der Waals surface area contributed by atoms with E-state index in [1.807, 2.05) is 0 Å². The number of carbonyl (C=O) groups excluding carboxylic acids is 1. The predicted molar refractivity (Wildman–Crippen MR) is 66.3 cm³/mol. The molecule has 0 N–H and O–H groups in total. The Bertz CT molecular complexity index is 508. The first-order valence-corrected chi connectivity index (χ1v) is 5.78. The maximum absolute atomic E-state index is 13.3. The molecular weight excluding hydrogens is 291 g/mol. The van der Waals surface area contributed by atoms with E-state index in [0.717, 1.165) is 5.76 Å². The molecule has 0 amide bonds. The second-order valence-electron chi connectivity index (χ2n) is 3.18. The number of hydrogen-bond donors (Lipinski definition) is 0. The van der Waals surface area contributed by atoms with Crippen LogP contribution in [0.2, 0.25) is 0 Å². The van der Waals surface area contributed by atoms with Crippen molar-refractivity contribution in [2.24, 2.45) is 0 Å². The van der Waals surface area contributed by atoms with Gasteiger partial charge >= 0.3 is 0 Å². The summed E-state index contributed by atoms with van der Waals surface area (Å²) in [5.74, 6) is 0.464. The average molecular weight is 303 g/mol. The van der Waals surface area contributed by atoms with Crippen LogP contribution in [-0.2, 0) is 9.53 Å². The first-order valence-electron chi connectivity index (χ1n) is 4.99. The molecular formula is C12H12BrFO3. The molecule has 0 unspecified atom stereocenters. The van der Waals surface area contributed by atoms with Gasteiger partial charge in [0.05, 0.1) is 16.5 Å². The van der Waals surface area contributed by atoms with Crippen molar-refractivity contribution in [2.45, 2.75) is 13.8 Å². The Kier molecular flexibility index (Phi) is 5.15. The summed E-state index contributed by atoms with van der Waals surface area (Å²) < 4.78 is 23.2. The van der Waals surface area contributed by atoms with E-state index in [-0.39, 0.29) is 5.82 Å². The summed E-state index contributed by atoms with van der Waals surface area (Å²) in [6, 6.07) is 5.07. The second-order valence-corrected chi connectivity index (χ2v) is 4.04. The van der Waals surface area contributed by atoms with E-state index in [1.165, 1.54) is 0 Å². The van der Waals surface area contributed by atoms with Gasteiger partial charge in [-0.3, -0.25) is 4.79 Å². The molecule has 0 radical (unpaired) electrons. The summed E-state index contributed by atoms with van der Waals surface area (Å²) in [6.45, 7) is 4.46. The fourth-order valence-corrected chi connectivity index (χ4v) is 1.59. The summed E-state index contributed by atoms with van der Waals surface area (Å²) in [5.41, 5.74) is 0.591. The van der Waals surface area contributed by atoms with Crippen molar-refractivity contribution in [3.8, 4) is 0 Å². The zero-order valence-electron chi connectivity index (χ0n) is 9.50. The Morgan fingerprint density at radius 3 is 2.76 bits per heavy atom. The Morgan fingerprint density at radius 1 is 1.53 bits per heavy atom. The third kappa shape index (κ3) is 3.56. The standard InChI is InChI=1S/C9H6BrFO.C3H6O2/c1-5-4-6-8(12-5)3-2-7(10)9(6)11;1-2-5-3-4/h2-4H,1H3;3H,2H2,1H3. The zero-order chi connectivity index (χ0) is 12.8. The molecule has 0 saturated carbocycles. The van der Waals surface area contributed by atoms with E-state index in [2.05, 4.69) is 20.7 Å². The molecule has 1 aromatic carbocycles. The van der Waals surface area contributed by atoms with Crippen molar-refractivity contribution in [1.82, 2.24) is 0 Å². The van der Waals surface area contributed by atoms with Crippen LogP contribution in [0.15, 0.2) is 27.1 Å². The number of ether oxygens (including phenoxy) is 1. The summed E-state index contributed by atoms with van der Waals surface area (Å²) in [5, 5.41) is 0.530. The molecule has 0 spiro atoms. The van der Waals surface area contributed by atoms with Crippen molar-refractivity contribution in [2.75, 3.05) is 6.61 Å². The van der Waals surface area contributed by atoms with Crippen LogP contribution in [0.1, 0.15) is 12.7 Å². The van der Waals surface area contributed by atoms with Gasteiger partial charge in [-0.05, 0) is 48.0 Å². The van der Waals surface area contributed by atoms with Crippen molar-refractivity contribution in [1.29, 1.82) is 0 Å². The van der Waals surface area contributed by atoms with E-state index < -0.39 is 0 Å². The predicted octanol–water partition coefficient (Wildman–Crippen LogP) is 3.82. The molecule has 2 aromatic rings. The number of aryl methyl sites for hydroxylation is 1. The molecule has 3 nitrogen and oxygen atoms in total. The van der Waals surface area contributed by atoms with Crippen molar-refractivity contribution >= 4 is 33.4 Å². The highest BCUT2D eigenvalue weighted by molar-refractivity contribution is 9.10. The van der Waals surface area contributed by atoms with Gasteiger partial charge in [0, 0.05) is 0 Å². The minimum atomic E-state index is -0.260. The normalized spacial score (nSPS) is 9.65. The average Bonchev–Trinajstić information content (AvgIpc) is 2.68. The highest BCUT2D eigenvalue weighted by Gasteiger charge is 2.08. The van der Waals surface area contributed by atoms with E-state index >= 15 is 0 Å². The fraction of sp³-hybridized carbons (Fsp3) is 0.250. The van der Waals surface area contributed by atoms with Crippen LogP contribution < -0.4 is 0 Å². The quantitative estimate of drug-likeness (QED) is 0.792. The first kappa shape index (κ1) is 13.7. The lowest BCUT2D eigenvalue weighted by Crippen LogP contribution is -1.80. The Balaban J connectivity index is 0.000000249. The van der Waals surface area contributed by atoms with Gasteiger partial charge in [-0.15, -0.1) is 0 Å². The largest absolute Gasteiger partial charge is 0.468 e. The third-order valence-electron chi connectivity index (χ3n) is 1.95. The highest BCUT2D eigenvalue weighted by Crippen LogP contribution is 2.27. The summed E-state index contributed by atoms with van der Waals surface area (Å²) >= 11 is 3.11. The fourth-order valence-electron chi connectivity index (χ4n) is 1.25. The number of halogens is 2. The first-order chi connectivity index (χ1) is 8.10. The van der Waals surface area contributed by atoms with Gasteiger partial charge in [0.1, 0.15) is 17.2 Å². The van der Waals surface area contributed by atoms with E-state index in [0.29, 0.717) is 28.5 Å². The van der Waals surface area contributed by atoms with Gasteiger partial charge in [0.25, 0.3) is 6.47 Å². The van der Waals surface area contributed by atoms with Crippen molar-refractivity contribution in [3.05, 3.63) is 34.2 Å². The summed E-state index contributed by atoms with van der Waals surface area (Å²) in [4.78, 5) is 9.18. The molecule has 0 aliphatic rings. The van der Waals surface area contributed by atoms with Crippen LogP contribution in [0.25, 0.3) is 11.0 Å².